The number of unbranched alkanes of at least 4 members (excludes halogenated alkanes) is 1. The van der Waals surface area contributed by atoms with Crippen molar-refractivity contribution in [3.63, 3.8) is 0 Å². The Balaban J connectivity index is 1.94. The molecule has 0 aromatic heterocycles. The molecule has 0 radical (unpaired) electrons. The number of amides is 1. The molecule has 4 rings (SSSR count). The van der Waals surface area contributed by atoms with Crippen LogP contribution in [0, 0.1) is 11.6 Å². The van der Waals surface area contributed by atoms with Gasteiger partial charge in [-0.1, -0.05) is 67.9 Å². The van der Waals surface area contributed by atoms with Crippen molar-refractivity contribution in [3.8, 4) is 5.75 Å². The van der Waals surface area contributed by atoms with Crippen LogP contribution in [-0.4, -0.2) is 29.8 Å². The van der Waals surface area contributed by atoms with Crippen LogP contribution >= 0.6 is 0 Å². The van der Waals surface area contributed by atoms with E-state index < -0.39 is 64.6 Å². The predicted molar refractivity (Wildman–Crippen MR) is 167 cm³/mol. The first kappa shape index (κ1) is 37.3. The van der Waals surface area contributed by atoms with Crippen LogP contribution in [0.2, 0.25) is 0 Å². The highest BCUT2D eigenvalue weighted by Gasteiger charge is 2.42. The molecule has 0 heterocycles. The van der Waals surface area contributed by atoms with Crippen molar-refractivity contribution >= 4 is 5.91 Å². The molecule has 0 aliphatic rings. The first-order valence-corrected chi connectivity index (χ1v) is 15.3. The molecule has 49 heavy (non-hydrogen) atoms. The highest BCUT2D eigenvalue weighted by molar-refractivity contribution is 5.95. The van der Waals surface area contributed by atoms with E-state index in [4.69, 9.17) is 0 Å². The maximum absolute atomic E-state index is 15.3. The zero-order valence-electron chi connectivity index (χ0n) is 26.4. The second kappa shape index (κ2) is 15.4. The fourth-order valence-corrected chi connectivity index (χ4v) is 5.20. The molecule has 3 N–H and O–H groups in total. The second-order valence-electron chi connectivity index (χ2n) is 11.5. The number of nitrogens with one attached hydrogen (secondary N) is 2. The fraction of sp³-hybridized carbons (Fsp3) is 0.306. The molecule has 0 aliphatic heterocycles. The van der Waals surface area contributed by atoms with E-state index in [0.717, 1.165) is 31.0 Å². The average Bonchev–Trinajstić information content (AvgIpc) is 3.04. The number of aliphatic hydroxyl groups excluding tert-OH is 1. The van der Waals surface area contributed by atoms with E-state index in [1.807, 2.05) is 6.92 Å². The van der Waals surface area contributed by atoms with Crippen molar-refractivity contribution in [2.75, 3.05) is 6.54 Å². The largest absolute Gasteiger partial charge is 0.430 e. The van der Waals surface area contributed by atoms with Gasteiger partial charge in [-0.2, -0.15) is 22.0 Å². The maximum Gasteiger partial charge on any atom is 0.429 e. The van der Waals surface area contributed by atoms with Crippen LogP contribution in [0.1, 0.15) is 71.1 Å². The third kappa shape index (κ3) is 9.15. The lowest BCUT2D eigenvalue weighted by atomic mass is 9.77. The van der Waals surface area contributed by atoms with Crippen LogP contribution in [0.5, 0.6) is 5.75 Å². The number of carbonyl (C=O) groups excluding carboxylic acids is 1. The minimum atomic E-state index is -5.14. The normalized spacial score (nSPS) is 14.5. The summed E-state index contributed by atoms with van der Waals surface area (Å²) in [4.78, 5) is 13.9. The van der Waals surface area contributed by atoms with Crippen LogP contribution in [0.3, 0.4) is 0 Å². The molecule has 4 aromatic rings. The second-order valence-corrected chi connectivity index (χ2v) is 11.5. The SMILES string of the molecule is CCCCNC(O)c1ccc([C@@](Cc2ccccc2)(NC(=O)c2ccc(F)c(C(F)(F)F)c2)c2cc(F)cc(OC(F)(F)C(C)F)c2)cc1. The summed E-state index contributed by atoms with van der Waals surface area (Å²) < 4.78 is 117. The molecule has 0 bridgehead atoms. The van der Waals surface area contributed by atoms with Crippen molar-refractivity contribution in [1.29, 1.82) is 0 Å². The summed E-state index contributed by atoms with van der Waals surface area (Å²) in [6, 6.07) is 18.3. The van der Waals surface area contributed by atoms with Gasteiger partial charge in [-0.05, 0) is 72.5 Å². The first-order valence-electron chi connectivity index (χ1n) is 15.3. The molecule has 5 nitrogen and oxygen atoms in total. The zero-order valence-corrected chi connectivity index (χ0v) is 26.4. The quantitative estimate of drug-likeness (QED) is 0.0703. The van der Waals surface area contributed by atoms with Crippen molar-refractivity contribution in [1.82, 2.24) is 10.6 Å². The first-order chi connectivity index (χ1) is 23.1. The van der Waals surface area contributed by atoms with Crippen molar-refractivity contribution < 1.29 is 49.8 Å². The monoisotopic (exact) mass is 694 g/mol. The van der Waals surface area contributed by atoms with Gasteiger partial charge in [0, 0.05) is 18.1 Å². The van der Waals surface area contributed by atoms with E-state index in [9.17, 15) is 40.6 Å². The standard InChI is InChI=1S/C36H34F8N2O3/c1-3-4-16-45-32(47)24-10-13-26(14-11-24)34(21-23-8-6-5-7-9-23,27-18-28(38)20-29(19-27)49-36(43,44)22(2)37)46-33(48)25-12-15-31(39)30(17-25)35(40,41)42/h5-15,17-20,22,32,45,47H,3-4,16,21H2,1-2H3,(H,46,48)/t22?,32?,34-/m1/s1. The zero-order chi connectivity index (χ0) is 36.0. The van der Waals surface area contributed by atoms with Crippen LogP contribution in [-0.2, 0) is 18.1 Å². The van der Waals surface area contributed by atoms with Gasteiger partial charge in [0.1, 0.15) is 23.6 Å². The molecule has 1 amide bonds. The summed E-state index contributed by atoms with van der Waals surface area (Å²) in [6.07, 6.45) is -12.0. The van der Waals surface area contributed by atoms with E-state index in [1.165, 1.54) is 24.3 Å². The Hall–Kier alpha value is -4.49. The molecule has 0 spiro atoms. The molecular weight excluding hydrogens is 660 g/mol. The highest BCUT2D eigenvalue weighted by Crippen LogP contribution is 2.39. The molecule has 13 heteroatoms. The molecule has 2 unspecified atom stereocenters. The van der Waals surface area contributed by atoms with Crippen LogP contribution < -0.4 is 15.4 Å². The molecular formula is C36H34F8N2O3. The number of rotatable bonds is 14. The summed E-state index contributed by atoms with van der Waals surface area (Å²) in [5.74, 6) is -4.68. The van der Waals surface area contributed by atoms with Crippen molar-refractivity contribution in [2.45, 2.75) is 63.3 Å². The van der Waals surface area contributed by atoms with Crippen molar-refractivity contribution in [3.05, 3.63) is 136 Å². The van der Waals surface area contributed by atoms with Crippen molar-refractivity contribution in [2.24, 2.45) is 0 Å². The van der Waals surface area contributed by atoms with Gasteiger partial charge in [-0.3, -0.25) is 10.1 Å². The summed E-state index contributed by atoms with van der Waals surface area (Å²) in [5.41, 5.74) is -3.34. The highest BCUT2D eigenvalue weighted by atomic mass is 19.4. The molecule has 0 fully saturated rings. The van der Waals surface area contributed by atoms with Gasteiger partial charge in [-0.25, -0.2) is 13.2 Å². The predicted octanol–water partition coefficient (Wildman–Crippen LogP) is 8.61. The van der Waals surface area contributed by atoms with E-state index in [2.05, 4.69) is 15.4 Å². The van der Waals surface area contributed by atoms with Gasteiger partial charge in [0.25, 0.3) is 5.91 Å². The Morgan fingerprint density at radius 1 is 0.878 bits per heavy atom. The Kier molecular flexibility index (Phi) is 11.7. The van der Waals surface area contributed by atoms with E-state index in [0.29, 0.717) is 42.8 Å². The van der Waals surface area contributed by atoms with Gasteiger partial charge in [-0.15, -0.1) is 0 Å². The lowest BCUT2D eigenvalue weighted by Gasteiger charge is -2.37. The van der Waals surface area contributed by atoms with E-state index in [-0.39, 0.29) is 17.5 Å². The third-order valence-corrected chi connectivity index (χ3v) is 7.84. The number of hydrogen-bond donors (Lipinski definition) is 3. The van der Waals surface area contributed by atoms with Gasteiger partial charge < -0.3 is 15.2 Å². The summed E-state index contributed by atoms with van der Waals surface area (Å²) in [7, 11) is 0. The van der Waals surface area contributed by atoms with Gasteiger partial charge in [0.05, 0.1) is 11.1 Å². The molecule has 4 aromatic carbocycles. The molecule has 0 saturated heterocycles. The number of carbonyl (C=O) groups is 1. The van der Waals surface area contributed by atoms with Crippen LogP contribution in [0.25, 0.3) is 0 Å². The smallest absolute Gasteiger partial charge is 0.429 e. The molecule has 0 saturated carbocycles. The number of benzene rings is 4. The molecule has 3 atom stereocenters. The minimum Gasteiger partial charge on any atom is -0.430 e. The summed E-state index contributed by atoms with van der Waals surface area (Å²) >= 11 is 0. The van der Waals surface area contributed by atoms with Crippen LogP contribution in [0.15, 0.2) is 91.0 Å². The minimum absolute atomic E-state index is 0.189. The summed E-state index contributed by atoms with van der Waals surface area (Å²) in [5, 5.41) is 16.3. The number of hydrogen-bond acceptors (Lipinski definition) is 4. The fourth-order valence-electron chi connectivity index (χ4n) is 5.20. The molecule has 0 aliphatic carbocycles. The third-order valence-electron chi connectivity index (χ3n) is 7.84. The lowest BCUT2D eigenvalue weighted by molar-refractivity contribution is -0.215. The Bertz CT molecular complexity index is 1720. The Labute approximate surface area is 277 Å². The maximum atomic E-state index is 15.3. The Morgan fingerprint density at radius 3 is 2.16 bits per heavy atom. The topological polar surface area (TPSA) is 70.6 Å². The van der Waals surface area contributed by atoms with Gasteiger partial charge in [0.15, 0.2) is 0 Å². The van der Waals surface area contributed by atoms with Crippen LogP contribution in [0.4, 0.5) is 35.1 Å². The average molecular weight is 695 g/mol. The number of halogens is 8. The van der Waals surface area contributed by atoms with Gasteiger partial charge >= 0.3 is 12.3 Å². The van der Waals surface area contributed by atoms with E-state index in [1.54, 1.807) is 30.3 Å². The number of ether oxygens (including phenoxy) is 1. The molecule has 262 valence electrons. The Morgan fingerprint density at radius 2 is 1.55 bits per heavy atom. The van der Waals surface area contributed by atoms with Gasteiger partial charge in [0.2, 0.25) is 6.17 Å². The van der Waals surface area contributed by atoms with E-state index >= 15 is 4.39 Å². The lowest BCUT2D eigenvalue weighted by Crippen LogP contribution is -2.49. The number of aliphatic hydroxyl groups is 1. The number of alkyl halides is 6. The summed E-state index contributed by atoms with van der Waals surface area (Å²) in [6.45, 7) is 3.02.